The van der Waals surface area contributed by atoms with Crippen molar-refractivity contribution in [1.82, 2.24) is 21.4 Å². The first-order valence-electron chi connectivity index (χ1n) is 2.19. The van der Waals surface area contributed by atoms with Crippen molar-refractivity contribution >= 4 is 0 Å². The van der Waals surface area contributed by atoms with Crippen LogP contribution in [0.25, 0.3) is 0 Å². The molecule has 1 aliphatic rings. The monoisotopic (exact) mass is 119 g/mol. The third-order valence-corrected chi connectivity index (χ3v) is 0.798. The lowest BCUT2D eigenvalue weighted by Crippen LogP contribution is -2.49. The first kappa shape index (κ1) is 5.89. The predicted octanol–water partition coefficient (Wildman–Crippen LogP) is -2.08. The lowest BCUT2D eigenvalue weighted by molar-refractivity contribution is -0.117. The third kappa shape index (κ3) is 1.13. The Balaban J connectivity index is 2.22. The molecule has 0 bridgehead atoms. The molecule has 48 valence electrons. The fourth-order valence-corrected chi connectivity index (χ4v) is 0.438. The second-order valence-electron chi connectivity index (χ2n) is 1.41. The zero-order chi connectivity index (χ0) is 5.98. The minimum Gasteiger partial charge on any atom is -0.265 e. The fraction of sp³-hybridized carbons (Fsp3) is 1.00. The number of hydrogen-bond acceptors (Lipinski definition) is 6. The van der Waals surface area contributed by atoms with Crippen molar-refractivity contribution in [2.75, 3.05) is 13.8 Å². The Hall–Kier alpha value is -0.240. The van der Waals surface area contributed by atoms with Crippen LogP contribution in [0.1, 0.15) is 0 Å². The van der Waals surface area contributed by atoms with Crippen molar-refractivity contribution in [3.63, 3.8) is 0 Å². The summed E-state index contributed by atoms with van der Waals surface area (Å²) in [5.41, 5.74) is 5.06. The highest BCUT2D eigenvalue weighted by molar-refractivity contribution is 4.30. The summed E-state index contributed by atoms with van der Waals surface area (Å²) in [4.78, 5) is 4.86. The van der Waals surface area contributed by atoms with Crippen molar-refractivity contribution in [2.24, 2.45) is 5.84 Å². The molecule has 1 aliphatic heterocycles. The van der Waals surface area contributed by atoms with Crippen LogP contribution in [-0.2, 0) is 4.84 Å². The van der Waals surface area contributed by atoms with Gasteiger partial charge in [-0.3, -0.25) is 10.7 Å². The number of nitrogens with one attached hydrogen (secondary N) is 2. The molecule has 0 amide bonds. The van der Waals surface area contributed by atoms with E-state index in [1.54, 1.807) is 7.05 Å². The molecule has 1 heterocycles. The summed E-state index contributed by atoms with van der Waals surface area (Å²) >= 11 is 0. The molecule has 0 aromatic heterocycles. The molecule has 0 spiro atoms. The smallest absolute Gasteiger partial charge is 0.153 e. The second-order valence-corrected chi connectivity index (χ2v) is 1.41. The molecular weight excluding hydrogens is 110 g/mol. The van der Waals surface area contributed by atoms with E-state index in [1.165, 1.54) is 10.3 Å². The average molecular weight is 119 g/mol. The third-order valence-electron chi connectivity index (χ3n) is 0.798. The van der Waals surface area contributed by atoms with Crippen molar-refractivity contribution in [3.8, 4) is 0 Å². The zero-order valence-electron chi connectivity index (χ0n) is 4.59. The summed E-state index contributed by atoms with van der Waals surface area (Å²) in [6.45, 7) is 0.410. The van der Waals surface area contributed by atoms with E-state index in [2.05, 4.69) is 11.1 Å². The quantitative estimate of drug-likeness (QED) is 0.272. The molecule has 0 aromatic rings. The predicted molar refractivity (Wildman–Crippen MR) is 26.0 cm³/mol. The van der Waals surface area contributed by atoms with E-state index < -0.39 is 0 Å². The molecule has 1 rings (SSSR count). The number of hydrogen-bond donors (Lipinski definition) is 3. The van der Waals surface area contributed by atoms with Gasteiger partial charge in [0.2, 0.25) is 0 Å². The van der Waals surface area contributed by atoms with E-state index >= 15 is 0 Å². The summed E-state index contributed by atoms with van der Waals surface area (Å²) in [5, 5.41) is 2.93. The van der Waals surface area contributed by atoms with Gasteiger partial charge in [-0.05, 0) is 0 Å². The van der Waals surface area contributed by atoms with Gasteiger partial charge < -0.3 is 0 Å². The Morgan fingerprint density at radius 3 is 2.88 bits per heavy atom. The molecule has 6 nitrogen and oxygen atoms in total. The highest BCUT2D eigenvalue weighted by atomic mass is 16.8. The van der Waals surface area contributed by atoms with Gasteiger partial charge in [0.05, 0.1) is 0 Å². The topological polar surface area (TPSA) is 65.8 Å². The normalized spacial score (nSPS) is 24.8. The highest BCUT2D eigenvalue weighted by Gasteiger charge is 2.13. The lowest BCUT2D eigenvalue weighted by atomic mass is 11.3. The number of hydroxylamine groups is 1. The van der Waals surface area contributed by atoms with Gasteiger partial charge in [-0.1, -0.05) is 0 Å². The van der Waals surface area contributed by atoms with Crippen molar-refractivity contribution in [1.29, 1.82) is 0 Å². The molecule has 0 saturated carbocycles. The SMILES string of the molecule is CN1NN(NN)CO1. The van der Waals surface area contributed by atoms with Crippen LogP contribution < -0.4 is 16.9 Å². The molecule has 6 heteroatoms. The zero-order valence-corrected chi connectivity index (χ0v) is 4.59. The summed E-state index contributed by atoms with van der Waals surface area (Å²) in [7, 11) is 1.73. The van der Waals surface area contributed by atoms with Gasteiger partial charge in [-0.2, -0.15) is 5.53 Å². The molecule has 0 aromatic carbocycles. The first-order valence-corrected chi connectivity index (χ1v) is 2.19. The van der Waals surface area contributed by atoms with Gasteiger partial charge in [0.25, 0.3) is 0 Å². The van der Waals surface area contributed by atoms with Gasteiger partial charge >= 0.3 is 0 Å². The van der Waals surface area contributed by atoms with Gasteiger partial charge in [0.15, 0.2) is 6.73 Å². The summed E-state index contributed by atoms with van der Waals surface area (Å²) in [6.07, 6.45) is 0. The van der Waals surface area contributed by atoms with Crippen LogP contribution in [0.5, 0.6) is 0 Å². The van der Waals surface area contributed by atoms with Crippen LogP contribution in [0.2, 0.25) is 0 Å². The largest absolute Gasteiger partial charge is 0.265 e. The Morgan fingerprint density at radius 2 is 2.62 bits per heavy atom. The van der Waals surface area contributed by atoms with E-state index in [4.69, 9.17) is 10.7 Å². The number of hydrazine groups is 4. The minimum absolute atomic E-state index is 0.410. The molecule has 0 atom stereocenters. The van der Waals surface area contributed by atoms with Crippen molar-refractivity contribution in [2.45, 2.75) is 0 Å². The fourth-order valence-electron chi connectivity index (χ4n) is 0.438. The molecule has 0 aliphatic carbocycles. The Labute approximate surface area is 47.0 Å². The second kappa shape index (κ2) is 2.35. The van der Waals surface area contributed by atoms with Crippen molar-refractivity contribution < 1.29 is 4.84 Å². The maximum absolute atomic E-state index is 5.00. The van der Waals surface area contributed by atoms with E-state index in [1.807, 2.05) is 0 Å². The first-order chi connectivity index (χ1) is 3.83. The molecule has 8 heavy (non-hydrogen) atoms. The molecule has 0 radical (unpaired) electrons. The van der Waals surface area contributed by atoms with E-state index in [0.717, 1.165) is 0 Å². The lowest BCUT2D eigenvalue weighted by Gasteiger charge is -2.09. The van der Waals surface area contributed by atoms with E-state index in [-0.39, 0.29) is 0 Å². The van der Waals surface area contributed by atoms with E-state index in [0.29, 0.717) is 6.73 Å². The Kier molecular flexibility index (Phi) is 1.73. The average Bonchev–Trinajstić information content (AvgIpc) is 2.14. The Bertz CT molecular complexity index is 76.8. The van der Waals surface area contributed by atoms with Gasteiger partial charge in [-0.25, -0.2) is 0 Å². The van der Waals surface area contributed by atoms with Crippen LogP contribution >= 0.6 is 0 Å². The van der Waals surface area contributed by atoms with Crippen molar-refractivity contribution in [3.05, 3.63) is 0 Å². The maximum atomic E-state index is 5.00. The number of nitrogens with zero attached hydrogens (tertiary/aromatic N) is 2. The number of rotatable bonds is 1. The highest BCUT2D eigenvalue weighted by Crippen LogP contribution is 1.89. The van der Waals surface area contributed by atoms with Crippen LogP contribution in [0.4, 0.5) is 0 Å². The van der Waals surface area contributed by atoms with Gasteiger partial charge in [0, 0.05) is 7.05 Å². The minimum atomic E-state index is 0.410. The van der Waals surface area contributed by atoms with Crippen LogP contribution in [0.15, 0.2) is 0 Å². The summed E-state index contributed by atoms with van der Waals surface area (Å²) in [6, 6.07) is 0. The molecule has 1 saturated heterocycles. The van der Waals surface area contributed by atoms with Crippen LogP contribution in [-0.4, -0.2) is 24.1 Å². The van der Waals surface area contributed by atoms with E-state index in [9.17, 15) is 0 Å². The maximum Gasteiger partial charge on any atom is 0.153 e. The molecular formula is C2H9N5O. The van der Waals surface area contributed by atoms with Crippen LogP contribution in [0, 0.1) is 0 Å². The summed E-state index contributed by atoms with van der Waals surface area (Å²) in [5.74, 6) is 5.00. The summed E-state index contributed by atoms with van der Waals surface area (Å²) < 4.78 is 0. The van der Waals surface area contributed by atoms with Gasteiger partial charge in [-0.15, -0.1) is 15.8 Å². The molecule has 4 N–H and O–H groups in total. The number of nitrogens with two attached hydrogens (primary N) is 1. The molecule has 1 fully saturated rings. The standard InChI is InChI=1S/C2H9N5O/c1-6-5-7(4-3)2-8-6/h4-5H,2-3H2,1H3. The molecule has 0 unspecified atom stereocenters. The van der Waals surface area contributed by atoms with Crippen LogP contribution in [0.3, 0.4) is 0 Å². The Morgan fingerprint density at radius 1 is 1.88 bits per heavy atom. The van der Waals surface area contributed by atoms with Gasteiger partial charge in [0.1, 0.15) is 0 Å².